The molecule has 0 saturated carbocycles. The zero-order chi connectivity index (χ0) is 11.3. The number of amides is 1. The van der Waals surface area contributed by atoms with E-state index >= 15 is 0 Å². The minimum Gasteiger partial charge on any atom is -0.390 e. The van der Waals surface area contributed by atoms with Crippen molar-refractivity contribution in [2.45, 2.75) is 38.2 Å². The maximum absolute atomic E-state index is 10.9. The van der Waals surface area contributed by atoms with Gasteiger partial charge in [-0.3, -0.25) is 10.2 Å². The van der Waals surface area contributed by atoms with Crippen LogP contribution in [-0.2, 0) is 4.79 Å². The van der Waals surface area contributed by atoms with Crippen LogP contribution in [0.4, 0.5) is 0 Å². The van der Waals surface area contributed by atoms with Crippen LogP contribution in [0, 0.1) is 0 Å². The molecule has 1 saturated heterocycles. The number of rotatable bonds is 4. The number of piperidine rings is 1. The van der Waals surface area contributed by atoms with E-state index in [1.54, 1.807) is 0 Å². The summed E-state index contributed by atoms with van der Waals surface area (Å²) in [4.78, 5) is 13.1. The topological polar surface area (TPSA) is 78.6 Å². The molecule has 0 spiro atoms. The Kier molecular flexibility index (Phi) is 4.50. The van der Waals surface area contributed by atoms with E-state index in [1.165, 1.54) is 0 Å². The van der Waals surface area contributed by atoms with Gasteiger partial charge in [-0.15, -0.1) is 0 Å². The lowest BCUT2D eigenvalue weighted by Gasteiger charge is -2.35. The number of nitrogens with one attached hydrogen (secondary N) is 1. The Morgan fingerprint density at radius 1 is 1.53 bits per heavy atom. The van der Waals surface area contributed by atoms with Gasteiger partial charge in [-0.05, 0) is 32.7 Å². The molecule has 0 aliphatic carbocycles. The fraction of sp³-hybridized carbons (Fsp3) is 0.900. The molecule has 0 unspecified atom stereocenters. The average Bonchev–Trinajstić information content (AvgIpc) is 2.20. The highest BCUT2D eigenvalue weighted by molar-refractivity contribution is 5.75. The summed E-state index contributed by atoms with van der Waals surface area (Å²) in [6, 6.07) is 0. The molecule has 5 nitrogen and oxygen atoms in total. The number of likely N-dealkylation sites (tertiary alicyclic amines) is 1. The van der Waals surface area contributed by atoms with Crippen LogP contribution in [0.1, 0.15) is 32.6 Å². The van der Waals surface area contributed by atoms with Gasteiger partial charge in [0.15, 0.2) is 0 Å². The van der Waals surface area contributed by atoms with E-state index in [0.717, 1.165) is 38.9 Å². The van der Waals surface area contributed by atoms with Crippen LogP contribution < -0.4 is 11.3 Å². The van der Waals surface area contributed by atoms with Crippen LogP contribution >= 0.6 is 0 Å². The summed E-state index contributed by atoms with van der Waals surface area (Å²) in [6.45, 7) is 4.62. The lowest BCUT2D eigenvalue weighted by Crippen LogP contribution is -2.42. The SMILES string of the molecule is CC1(O)CCN(CCCC(=O)NN)CC1. The maximum atomic E-state index is 10.9. The number of nitrogens with zero attached hydrogens (tertiary/aromatic N) is 1. The molecule has 0 aromatic rings. The van der Waals surface area contributed by atoms with E-state index < -0.39 is 5.60 Å². The highest BCUT2D eigenvalue weighted by atomic mass is 16.3. The largest absolute Gasteiger partial charge is 0.390 e. The Hall–Kier alpha value is -0.650. The fourth-order valence-corrected chi connectivity index (χ4v) is 1.79. The van der Waals surface area contributed by atoms with Crippen molar-refractivity contribution >= 4 is 5.91 Å². The lowest BCUT2D eigenvalue weighted by molar-refractivity contribution is -0.121. The van der Waals surface area contributed by atoms with Crippen molar-refractivity contribution < 1.29 is 9.90 Å². The third-order valence-electron chi connectivity index (χ3n) is 2.97. The second-order valence-electron chi connectivity index (χ2n) is 4.51. The van der Waals surface area contributed by atoms with Crippen molar-refractivity contribution in [3.05, 3.63) is 0 Å². The van der Waals surface area contributed by atoms with E-state index in [-0.39, 0.29) is 5.91 Å². The van der Waals surface area contributed by atoms with Gasteiger partial charge in [0, 0.05) is 19.5 Å². The number of carbonyl (C=O) groups is 1. The first-order valence-electron chi connectivity index (χ1n) is 5.48. The molecule has 1 fully saturated rings. The van der Waals surface area contributed by atoms with Gasteiger partial charge in [0.1, 0.15) is 0 Å². The van der Waals surface area contributed by atoms with Crippen LogP contribution in [-0.4, -0.2) is 41.1 Å². The first-order chi connectivity index (χ1) is 7.03. The van der Waals surface area contributed by atoms with Crippen molar-refractivity contribution in [2.24, 2.45) is 5.84 Å². The molecule has 0 bridgehead atoms. The normalized spacial score (nSPS) is 21.3. The number of hydrogen-bond donors (Lipinski definition) is 3. The number of aliphatic hydroxyl groups is 1. The number of carbonyl (C=O) groups excluding carboxylic acids is 1. The van der Waals surface area contributed by atoms with Crippen molar-refractivity contribution in [3.8, 4) is 0 Å². The summed E-state index contributed by atoms with van der Waals surface area (Å²) in [7, 11) is 0. The zero-order valence-corrected chi connectivity index (χ0v) is 9.33. The summed E-state index contributed by atoms with van der Waals surface area (Å²) in [5.41, 5.74) is 1.62. The van der Waals surface area contributed by atoms with Crippen LogP contribution in [0.2, 0.25) is 0 Å². The van der Waals surface area contributed by atoms with Crippen LogP contribution in [0.5, 0.6) is 0 Å². The molecule has 0 aromatic heterocycles. The molecule has 4 N–H and O–H groups in total. The quantitative estimate of drug-likeness (QED) is 0.339. The minimum absolute atomic E-state index is 0.112. The van der Waals surface area contributed by atoms with E-state index in [1.807, 2.05) is 6.92 Å². The molecule has 15 heavy (non-hydrogen) atoms. The summed E-state index contributed by atoms with van der Waals surface area (Å²) < 4.78 is 0. The Labute approximate surface area is 90.6 Å². The first kappa shape index (κ1) is 12.4. The van der Waals surface area contributed by atoms with Gasteiger partial charge in [-0.25, -0.2) is 5.84 Å². The molecule has 1 amide bonds. The molecule has 1 aliphatic rings. The molecule has 1 heterocycles. The number of hydrogen-bond acceptors (Lipinski definition) is 4. The third kappa shape index (κ3) is 4.59. The van der Waals surface area contributed by atoms with E-state index in [0.29, 0.717) is 6.42 Å². The average molecular weight is 215 g/mol. The fourth-order valence-electron chi connectivity index (χ4n) is 1.79. The Bertz CT molecular complexity index is 209. The summed E-state index contributed by atoms with van der Waals surface area (Å²) >= 11 is 0. The second kappa shape index (κ2) is 5.44. The van der Waals surface area contributed by atoms with Crippen molar-refractivity contribution in [3.63, 3.8) is 0 Å². The third-order valence-corrected chi connectivity index (χ3v) is 2.97. The molecule has 1 rings (SSSR count). The predicted octanol–water partition coefficient (Wildman–Crippen LogP) is -0.397. The highest BCUT2D eigenvalue weighted by Crippen LogP contribution is 2.20. The van der Waals surface area contributed by atoms with Crippen molar-refractivity contribution in [1.29, 1.82) is 0 Å². The van der Waals surface area contributed by atoms with Gasteiger partial charge >= 0.3 is 0 Å². The molecule has 88 valence electrons. The van der Waals surface area contributed by atoms with Gasteiger partial charge in [0.2, 0.25) is 5.91 Å². The van der Waals surface area contributed by atoms with Gasteiger partial charge in [0.25, 0.3) is 0 Å². The Balaban J connectivity index is 2.11. The van der Waals surface area contributed by atoms with Gasteiger partial charge in [0.05, 0.1) is 5.60 Å². The first-order valence-corrected chi connectivity index (χ1v) is 5.48. The second-order valence-corrected chi connectivity index (χ2v) is 4.51. The molecule has 0 aromatic carbocycles. The summed E-state index contributed by atoms with van der Waals surface area (Å²) in [5, 5.41) is 9.74. The standard InChI is InChI=1S/C10H21N3O2/c1-10(15)4-7-13(8-5-10)6-2-3-9(14)12-11/h15H,2-8,11H2,1H3,(H,12,14). The number of nitrogens with two attached hydrogens (primary N) is 1. The molecule has 0 atom stereocenters. The van der Waals surface area contributed by atoms with E-state index in [4.69, 9.17) is 5.84 Å². The zero-order valence-electron chi connectivity index (χ0n) is 9.33. The van der Waals surface area contributed by atoms with Crippen LogP contribution in [0.15, 0.2) is 0 Å². The van der Waals surface area contributed by atoms with Crippen LogP contribution in [0.25, 0.3) is 0 Å². The monoisotopic (exact) mass is 215 g/mol. The predicted molar refractivity (Wildman–Crippen MR) is 57.9 cm³/mol. The van der Waals surface area contributed by atoms with Gasteiger partial charge in [-0.1, -0.05) is 0 Å². The van der Waals surface area contributed by atoms with Crippen molar-refractivity contribution in [2.75, 3.05) is 19.6 Å². The molecular weight excluding hydrogens is 194 g/mol. The number of hydrazine groups is 1. The van der Waals surface area contributed by atoms with E-state index in [9.17, 15) is 9.90 Å². The molecule has 5 heteroatoms. The van der Waals surface area contributed by atoms with Crippen LogP contribution in [0.3, 0.4) is 0 Å². The smallest absolute Gasteiger partial charge is 0.233 e. The van der Waals surface area contributed by atoms with Crippen molar-refractivity contribution in [1.82, 2.24) is 10.3 Å². The van der Waals surface area contributed by atoms with Gasteiger partial charge < -0.3 is 10.0 Å². The highest BCUT2D eigenvalue weighted by Gasteiger charge is 2.26. The van der Waals surface area contributed by atoms with Gasteiger partial charge in [-0.2, -0.15) is 0 Å². The summed E-state index contributed by atoms with van der Waals surface area (Å²) in [6.07, 6.45) is 2.93. The molecular formula is C10H21N3O2. The minimum atomic E-state index is -0.495. The Morgan fingerprint density at radius 3 is 2.67 bits per heavy atom. The molecule has 0 radical (unpaired) electrons. The lowest BCUT2D eigenvalue weighted by atomic mass is 9.94. The summed E-state index contributed by atoms with van der Waals surface area (Å²) in [5.74, 6) is 4.87. The molecule has 1 aliphatic heterocycles. The van der Waals surface area contributed by atoms with E-state index in [2.05, 4.69) is 10.3 Å². The Morgan fingerprint density at radius 2 is 2.13 bits per heavy atom. The maximum Gasteiger partial charge on any atom is 0.233 e.